The molecular formula is C19H25N3O2. The molecule has 0 spiro atoms. The van der Waals surface area contributed by atoms with Crippen LogP contribution in [0.4, 0.5) is 0 Å². The highest BCUT2D eigenvalue weighted by Gasteiger charge is 2.27. The SMILES string of the molecule is Cc1ccc(-c2nnc([C@@H](O)[C@H]3CCCN(C)C3)cc2C)c(O)c1. The summed E-state index contributed by atoms with van der Waals surface area (Å²) in [7, 11) is 2.08. The van der Waals surface area contributed by atoms with Gasteiger partial charge >= 0.3 is 0 Å². The molecule has 1 aromatic heterocycles. The predicted molar refractivity (Wildman–Crippen MR) is 93.8 cm³/mol. The van der Waals surface area contributed by atoms with Gasteiger partial charge in [-0.15, -0.1) is 5.10 Å². The lowest BCUT2D eigenvalue weighted by atomic mass is 9.90. The Morgan fingerprint density at radius 3 is 2.67 bits per heavy atom. The van der Waals surface area contributed by atoms with Crippen LogP contribution in [-0.2, 0) is 0 Å². The maximum atomic E-state index is 10.7. The Morgan fingerprint density at radius 1 is 1.21 bits per heavy atom. The average molecular weight is 327 g/mol. The second kappa shape index (κ2) is 6.87. The molecule has 0 aliphatic carbocycles. The zero-order chi connectivity index (χ0) is 17.3. The first-order valence-corrected chi connectivity index (χ1v) is 8.46. The fourth-order valence-corrected chi connectivity index (χ4v) is 3.46. The van der Waals surface area contributed by atoms with Gasteiger partial charge in [0.1, 0.15) is 11.9 Å². The molecule has 0 bridgehead atoms. The Bertz CT molecular complexity index is 733. The summed E-state index contributed by atoms with van der Waals surface area (Å²) in [5.41, 5.74) is 3.84. The molecule has 0 saturated carbocycles. The molecule has 5 nitrogen and oxygen atoms in total. The number of aromatic nitrogens is 2. The van der Waals surface area contributed by atoms with Crippen LogP contribution in [0.15, 0.2) is 24.3 Å². The van der Waals surface area contributed by atoms with Crippen molar-refractivity contribution < 1.29 is 10.2 Å². The van der Waals surface area contributed by atoms with Gasteiger partial charge in [0.2, 0.25) is 0 Å². The van der Waals surface area contributed by atoms with E-state index in [4.69, 9.17) is 0 Å². The third kappa shape index (κ3) is 3.42. The lowest BCUT2D eigenvalue weighted by Crippen LogP contribution is -2.35. The van der Waals surface area contributed by atoms with Crippen molar-refractivity contribution in [1.82, 2.24) is 15.1 Å². The Hall–Kier alpha value is -1.98. The number of benzene rings is 1. The number of rotatable bonds is 3. The minimum Gasteiger partial charge on any atom is -0.507 e. The fourth-order valence-electron chi connectivity index (χ4n) is 3.46. The van der Waals surface area contributed by atoms with Crippen LogP contribution >= 0.6 is 0 Å². The highest BCUT2D eigenvalue weighted by Crippen LogP contribution is 2.33. The number of aryl methyl sites for hydroxylation is 2. The van der Waals surface area contributed by atoms with Crippen LogP contribution in [0, 0.1) is 19.8 Å². The summed E-state index contributed by atoms with van der Waals surface area (Å²) in [6.45, 7) is 5.83. The van der Waals surface area contributed by atoms with Gasteiger partial charge in [0.05, 0.1) is 11.4 Å². The third-order valence-corrected chi connectivity index (χ3v) is 4.82. The number of aliphatic hydroxyl groups is 1. The molecule has 2 atom stereocenters. The molecular weight excluding hydrogens is 302 g/mol. The largest absolute Gasteiger partial charge is 0.507 e. The van der Waals surface area contributed by atoms with E-state index in [1.165, 1.54) is 0 Å². The standard InChI is InChI=1S/C19H25N3O2/c1-12-6-7-15(17(23)9-12)18-13(2)10-16(20-21-18)19(24)14-5-4-8-22(3)11-14/h6-7,9-10,14,19,23-24H,4-5,8,11H2,1-3H3/t14-,19-/m0/s1. The molecule has 2 aromatic rings. The van der Waals surface area contributed by atoms with E-state index in [0.717, 1.165) is 37.1 Å². The van der Waals surface area contributed by atoms with Crippen LogP contribution in [0.2, 0.25) is 0 Å². The topological polar surface area (TPSA) is 69.5 Å². The van der Waals surface area contributed by atoms with Crippen LogP contribution in [0.1, 0.15) is 35.8 Å². The van der Waals surface area contributed by atoms with Crippen molar-refractivity contribution in [3.05, 3.63) is 41.1 Å². The molecule has 0 radical (unpaired) electrons. The minimum absolute atomic E-state index is 0.191. The zero-order valence-electron chi connectivity index (χ0n) is 14.5. The molecule has 2 heterocycles. The van der Waals surface area contributed by atoms with Gasteiger partial charge in [-0.25, -0.2) is 0 Å². The maximum absolute atomic E-state index is 10.7. The molecule has 1 fully saturated rings. The van der Waals surface area contributed by atoms with Crippen LogP contribution in [0.3, 0.4) is 0 Å². The molecule has 1 saturated heterocycles. The first-order chi connectivity index (χ1) is 11.5. The fraction of sp³-hybridized carbons (Fsp3) is 0.474. The van der Waals surface area contributed by atoms with Crippen molar-refractivity contribution in [3.63, 3.8) is 0 Å². The van der Waals surface area contributed by atoms with Crippen molar-refractivity contribution in [3.8, 4) is 17.0 Å². The van der Waals surface area contributed by atoms with Crippen LogP contribution in [0.5, 0.6) is 5.75 Å². The van der Waals surface area contributed by atoms with E-state index >= 15 is 0 Å². The Kier molecular flexibility index (Phi) is 4.83. The van der Waals surface area contributed by atoms with Crippen molar-refractivity contribution in [2.45, 2.75) is 32.8 Å². The first-order valence-electron chi connectivity index (χ1n) is 8.46. The second-order valence-corrected chi connectivity index (χ2v) is 6.93. The van der Waals surface area contributed by atoms with E-state index in [2.05, 4.69) is 22.1 Å². The monoisotopic (exact) mass is 327 g/mol. The van der Waals surface area contributed by atoms with Crippen molar-refractivity contribution >= 4 is 0 Å². The summed E-state index contributed by atoms with van der Waals surface area (Å²) < 4.78 is 0. The molecule has 1 aliphatic heterocycles. The van der Waals surface area contributed by atoms with E-state index in [0.29, 0.717) is 17.0 Å². The predicted octanol–water partition coefficient (Wildman–Crippen LogP) is 2.84. The van der Waals surface area contributed by atoms with E-state index in [-0.39, 0.29) is 11.7 Å². The molecule has 3 rings (SSSR count). The molecule has 0 unspecified atom stereocenters. The number of likely N-dealkylation sites (tertiary alicyclic amines) is 1. The lowest BCUT2D eigenvalue weighted by Gasteiger charge is -2.32. The van der Waals surface area contributed by atoms with E-state index in [9.17, 15) is 10.2 Å². The highest BCUT2D eigenvalue weighted by molar-refractivity contribution is 5.69. The van der Waals surface area contributed by atoms with Crippen LogP contribution in [0.25, 0.3) is 11.3 Å². The van der Waals surface area contributed by atoms with E-state index in [1.54, 1.807) is 6.07 Å². The molecule has 1 aliphatic rings. The number of phenolic OH excluding ortho intramolecular Hbond substituents is 1. The van der Waals surface area contributed by atoms with E-state index < -0.39 is 6.10 Å². The number of phenols is 1. The molecule has 5 heteroatoms. The summed E-state index contributed by atoms with van der Waals surface area (Å²) in [5, 5.41) is 29.4. The Labute approximate surface area is 143 Å². The quantitative estimate of drug-likeness (QED) is 0.907. The number of hydrogen-bond donors (Lipinski definition) is 2. The smallest absolute Gasteiger partial charge is 0.125 e. The van der Waals surface area contributed by atoms with Gasteiger partial charge in [0.25, 0.3) is 0 Å². The van der Waals surface area contributed by atoms with Gasteiger partial charge in [-0.05, 0) is 69.6 Å². The number of aromatic hydroxyl groups is 1. The van der Waals surface area contributed by atoms with Crippen molar-refractivity contribution in [2.75, 3.05) is 20.1 Å². The van der Waals surface area contributed by atoms with Gasteiger partial charge in [0.15, 0.2) is 0 Å². The summed E-state index contributed by atoms with van der Waals surface area (Å²) in [6, 6.07) is 7.41. The number of piperidine rings is 1. The molecule has 0 amide bonds. The van der Waals surface area contributed by atoms with Crippen molar-refractivity contribution in [1.29, 1.82) is 0 Å². The first kappa shape index (κ1) is 16.9. The summed E-state index contributed by atoms with van der Waals surface area (Å²) in [6.07, 6.45) is 1.51. The lowest BCUT2D eigenvalue weighted by molar-refractivity contribution is 0.0556. The van der Waals surface area contributed by atoms with Crippen molar-refractivity contribution in [2.24, 2.45) is 5.92 Å². The Balaban J connectivity index is 1.86. The highest BCUT2D eigenvalue weighted by atomic mass is 16.3. The number of aliphatic hydroxyl groups excluding tert-OH is 1. The number of hydrogen-bond acceptors (Lipinski definition) is 5. The third-order valence-electron chi connectivity index (χ3n) is 4.82. The summed E-state index contributed by atoms with van der Waals surface area (Å²) >= 11 is 0. The molecule has 2 N–H and O–H groups in total. The van der Waals surface area contributed by atoms with Crippen LogP contribution in [-0.4, -0.2) is 45.4 Å². The minimum atomic E-state index is -0.598. The molecule has 128 valence electrons. The maximum Gasteiger partial charge on any atom is 0.125 e. The Morgan fingerprint density at radius 2 is 2.00 bits per heavy atom. The van der Waals surface area contributed by atoms with Crippen LogP contribution < -0.4 is 0 Å². The average Bonchev–Trinajstić information content (AvgIpc) is 2.55. The number of nitrogens with zero attached hydrogens (tertiary/aromatic N) is 3. The molecule has 1 aromatic carbocycles. The van der Waals surface area contributed by atoms with E-state index in [1.807, 2.05) is 32.0 Å². The second-order valence-electron chi connectivity index (χ2n) is 6.93. The summed E-state index contributed by atoms with van der Waals surface area (Å²) in [5.74, 6) is 0.394. The van der Waals surface area contributed by atoms with Gasteiger partial charge in [0, 0.05) is 18.0 Å². The molecule has 24 heavy (non-hydrogen) atoms. The zero-order valence-corrected chi connectivity index (χ0v) is 14.5. The summed E-state index contributed by atoms with van der Waals surface area (Å²) in [4.78, 5) is 2.25. The van der Waals surface area contributed by atoms with Gasteiger partial charge in [-0.2, -0.15) is 5.10 Å². The van der Waals surface area contributed by atoms with Gasteiger partial charge in [-0.1, -0.05) is 6.07 Å². The van der Waals surface area contributed by atoms with Gasteiger partial charge < -0.3 is 15.1 Å². The van der Waals surface area contributed by atoms with Gasteiger partial charge in [-0.3, -0.25) is 0 Å². The normalized spacial score (nSPS) is 20.1.